The van der Waals surface area contributed by atoms with Gasteiger partial charge in [0.05, 0.1) is 12.3 Å². The average molecular weight is 486 g/mol. The van der Waals surface area contributed by atoms with Gasteiger partial charge >= 0.3 is 11.7 Å². The number of nitrogens with zero attached hydrogens (tertiary/aromatic N) is 2. The maximum absolute atomic E-state index is 13.9. The lowest BCUT2D eigenvalue weighted by molar-refractivity contribution is -0.149. The molecule has 1 aromatic heterocycles. The maximum atomic E-state index is 13.9. The van der Waals surface area contributed by atoms with E-state index in [1.165, 1.54) is 22.6 Å². The van der Waals surface area contributed by atoms with Crippen LogP contribution < -0.4 is 16.5 Å². The highest BCUT2D eigenvalue weighted by Gasteiger charge is 2.60. The minimum Gasteiger partial charge on any atom is -0.462 e. The molecule has 2 rings (SSSR count). The van der Waals surface area contributed by atoms with Gasteiger partial charge in [-0.3, -0.25) is 13.9 Å². The molecule has 1 aliphatic rings. The molecule has 3 unspecified atom stereocenters. The number of aromatic nitrogens is 2. The number of nitrogens with one attached hydrogen (secondary N) is 1. The number of carbonyl (C=O) groups is 1. The van der Waals surface area contributed by atoms with Crippen molar-refractivity contribution in [3.63, 3.8) is 0 Å². The van der Waals surface area contributed by atoms with Crippen LogP contribution in [0.3, 0.4) is 0 Å². The van der Waals surface area contributed by atoms with Crippen molar-refractivity contribution in [3.05, 3.63) is 22.5 Å². The van der Waals surface area contributed by atoms with Gasteiger partial charge in [-0.25, -0.2) is 14.3 Å². The van der Waals surface area contributed by atoms with E-state index in [0.717, 1.165) is 0 Å². The van der Waals surface area contributed by atoms with Crippen molar-refractivity contribution in [2.45, 2.75) is 62.4 Å². The smallest absolute Gasteiger partial charge is 0.351 e. The molecule has 1 saturated heterocycles. The van der Waals surface area contributed by atoms with Gasteiger partial charge in [-0.1, -0.05) is 5.92 Å². The molecular formula is C17H26B2FN4O8P. The van der Waals surface area contributed by atoms with Crippen molar-refractivity contribution in [3.8, 4) is 12.3 Å². The van der Waals surface area contributed by atoms with Crippen LogP contribution in [0.1, 0.15) is 27.0 Å². The van der Waals surface area contributed by atoms with Gasteiger partial charge in [-0.05, 0) is 20.8 Å². The summed E-state index contributed by atoms with van der Waals surface area (Å²) in [6.45, 7) is 4.73. The summed E-state index contributed by atoms with van der Waals surface area (Å²) in [7, 11) is -0.351. The zero-order valence-corrected chi connectivity index (χ0v) is 19.7. The third kappa shape index (κ3) is 5.66. The number of anilines is 1. The standard InChI is InChI=1S/C17H26B2FN4O8P/c1-5-16(28)10(25)11(31-14(16)24-6-9(20)12(21)22-15(24)27)17(18,19)32-33(29)23-8(4)13(26)30-7(2)3/h1,6-8,10-11,14,25,28,33H,18-19H2,2-4H3,(H,23,29)(H2,21,22,27)/t8-,10?,11?,14+,16+/m0/s1. The molecule has 0 spiro atoms. The minimum absolute atomic E-state index is 0.377. The third-order valence-corrected chi connectivity index (χ3v) is 6.27. The van der Waals surface area contributed by atoms with Gasteiger partial charge in [0.2, 0.25) is 0 Å². The number of hydrogen-bond acceptors (Lipinski definition) is 10. The number of rotatable bonds is 8. The van der Waals surface area contributed by atoms with Crippen LogP contribution in [0.4, 0.5) is 10.2 Å². The Morgan fingerprint density at radius 2 is 2.15 bits per heavy atom. The van der Waals surface area contributed by atoms with E-state index < -0.39 is 67.0 Å². The van der Waals surface area contributed by atoms with Gasteiger partial charge in [-0.2, -0.15) is 4.98 Å². The van der Waals surface area contributed by atoms with Gasteiger partial charge < -0.3 is 29.9 Å². The van der Waals surface area contributed by atoms with Crippen molar-refractivity contribution < 1.29 is 38.0 Å². The fraction of sp³-hybridized carbons (Fsp3) is 0.588. The SMILES string of the molecule is BC(B)(O[PH](=O)N[C@@H](C)C(=O)OC(C)C)C1O[C@@H](n2cc(F)c(N)nc2=O)[C@@](O)(C#C)C1O. The highest BCUT2D eigenvalue weighted by molar-refractivity contribution is 7.37. The molecule has 33 heavy (non-hydrogen) atoms. The lowest BCUT2D eigenvalue weighted by atomic mass is 9.60. The second kappa shape index (κ2) is 9.97. The van der Waals surface area contributed by atoms with E-state index in [0.29, 0.717) is 10.8 Å². The van der Waals surface area contributed by atoms with Crippen molar-refractivity contribution in [2.75, 3.05) is 5.73 Å². The van der Waals surface area contributed by atoms with Gasteiger partial charge in [0.15, 0.2) is 23.5 Å². The van der Waals surface area contributed by atoms with Crippen molar-refractivity contribution in [2.24, 2.45) is 0 Å². The molecule has 6 atom stereocenters. The van der Waals surface area contributed by atoms with Crippen LogP contribution >= 0.6 is 8.18 Å². The third-order valence-electron chi connectivity index (χ3n) is 4.89. The largest absolute Gasteiger partial charge is 0.462 e. The first-order chi connectivity index (χ1) is 15.1. The summed E-state index contributed by atoms with van der Waals surface area (Å²) < 4.78 is 43.1. The van der Waals surface area contributed by atoms with Gasteiger partial charge in [0.25, 0.3) is 8.18 Å². The topological polar surface area (TPSA) is 175 Å². The minimum atomic E-state index is -3.11. The fourth-order valence-electron chi connectivity index (χ4n) is 3.19. The van der Waals surface area contributed by atoms with Crippen LogP contribution in [-0.4, -0.2) is 76.8 Å². The number of nitrogen functional groups attached to an aromatic ring is 1. The predicted octanol–water partition coefficient (Wildman–Crippen LogP) is -3.16. The summed E-state index contributed by atoms with van der Waals surface area (Å²) in [5, 5.41) is 22.5. The van der Waals surface area contributed by atoms with Crippen LogP contribution in [0.15, 0.2) is 11.0 Å². The summed E-state index contributed by atoms with van der Waals surface area (Å²) in [4.78, 5) is 27.4. The number of terminal acetylenes is 1. The molecule has 0 radical (unpaired) electrons. The first-order valence-electron chi connectivity index (χ1n) is 9.91. The predicted molar refractivity (Wildman–Crippen MR) is 120 cm³/mol. The summed E-state index contributed by atoms with van der Waals surface area (Å²) in [5.41, 5.74) is 1.68. The Balaban J connectivity index is 2.26. The molecule has 0 amide bonds. The fourth-order valence-corrected chi connectivity index (χ4v) is 4.32. The molecule has 5 N–H and O–H groups in total. The molecule has 1 fully saturated rings. The monoisotopic (exact) mass is 486 g/mol. The molecular weight excluding hydrogens is 460 g/mol. The van der Waals surface area contributed by atoms with E-state index in [9.17, 15) is 28.8 Å². The van der Waals surface area contributed by atoms with Crippen LogP contribution in [0.25, 0.3) is 0 Å². The van der Waals surface area contributed by atoms with Gasteiger partial charge in [0.1, 0.15) is 33.9 Å². The second-order valence-electron chi connectivity index (χ2n) is 8.33. The number of esters is 1. The van der Waals surface area contributed by atoms with E-state index in [4.69, 9.17) is 26.2 Å². The summed E-state index contributed by atoms with van der Waals surface area (Å²) in [6, 6.07) is -0.971. The summed E-state index contributed by atoms with van der Waals surface area (Å²) in [6.07, 6.45) is 0.589. The van der Waals surface area contributed by atoms with E-state index in [1.54, 1.807) is 13.8 Å². The summed E-state index contributed by atoms with van der Waals surface area (Å²) in [5.74, 6) is -0.447. The number of aliphatic hydroxyl groups is 2. The normalized spacial score (nSPS) is 27.2. The Kier molecular flexibility index (Phi) is 8.17. The molecule has 16 heteroatoms. The van der Waals surface area contributed by atoms with Crippen LogP contribution in [0.2, 0.25) is 0 Å². The second-order valence-corrected chi connectivity index (χ2v) is 9.40. The van der Waals surface area contributed by atoms with Crippen molar-refractivity contribution >= 4 is 35.7 Å². The first kappa shape index (κ1) is 27.0. The highest BCUT2D eigenvalue weighted by atomic mass is 31.1. The molecule has 2 heterocycles. The van der Waals surface area contributed by atoms with Crippen molar-refractivity contribution in [1.29, 1.82) is 0 Å². The molecule has 0 aliphatic carbocycles. The number of nitrogens with two attached hydrogens (primary N) is 1. The highest BCUT2D eigenvalue weighted by Crippen LogP contribution is 2.42. The van der Waals surface area contributed by atoms with E-state index in [1.807, 2.05) is 5.92 Å². The Bertz CT molecular complexity index is 1040. The number of halogens is 1. The summed E-state index contributed by atoms with van der Waals surface area (Å²) >= 11 is 0. The Hall–Kier alpha value is -2.20. The lowest BCUT2D eigenvalue weighted by Crippen LogP contribution is -2.55. The Morgan fingerprint density at radius 3 is 2.70 bits per heavy atom. The van der Waals surface area contributed by atoms with Gasteiger partial charge in [-0.15, -0.1) is 6.42 Å². The molecule has 0 aromatic carbocycles. The Morgan fingerprint density at radius 1 is 1.55 bits per heavy atom. The van der Waals surface area contributed by atoms with Crippen molar-refractivity contribution in [1.82, 2.24) is 14.6 Å². The Labute approximate surface area is 191 Å². The van der Waals surface area contributed by atoms with E-state index in [2.05, 4.69) is 10.1 Å². The zero-order valence-electron chi connectivity index (χ0n) is 18.7. The molecule has 180 valence electrons. The van der Waals surface area contributed by atoms with Crippen LogP contribution in [0.5, 0.6) is 0 Å². The molecule has 1 aromatic rings. The first-order valence-corrected chi connectivity index (χ1v) is 11.2. The maximum Gasteiger partial charge on any atom is 0.351 e. The number of carbonyl (C=O) groups excluding carboxylic acids is 1. The lowest BCUT2D eigenvalue weighted by Gasteiger charge is -2.34. The number of aliphatic hydroxyl groups excluding tert-OH is 1. The molecule has 12 nitrogen and oxygen atoms in total. The van der Waals surface area contributed by atoms with E-state index in [-0.39, 0.29) is 6.10 Å². The quantitative estimate of drug-likeness (QED) is 0.126. The average Bonchev–Trinajstić information content (AvgIpc) is 2.96. The van der Waals surface area contributed by atoms with Gasteiger partial charge in [0, 0.05) is 5.40 Å². The molecule has 0 saturated carbocycles. The van der Waals surface area contributed by atoms with Crippen LogP contribution in [-0.2, 0) is 23.4 Å². The van der Waals surface area contributed by atoms with Crippen LogP contribution in [0, 0.1) is 18.2 Å². The number of hydrogen-bond donors (Lipinski definition) is 4. The molecule has 1 aliphatic heterocycles. The zero-order chi connectivity index (χ0) is 25.3. The molecule has 0 bridgehead atoms. The van der Waals surface area contributed by atoms with E-state index >= 15 is 0 Å². The number of ether oxygens (including phenoxy) is 2.